The van der Waals surface area contributed by atoms with Crippen LogP contribution in [0, 0.1) is 23.1 Å². The Morgan fingerprint density at radius 1 is 1.22 bits per heavy atom. The second-order valence-electron chi connectivity index (χ2n) is 5.04. The van der Waals surface area contributed by atoms with Gasteiger partial charge in [-0.15, -0.1) is 18.2 Å². The van der Waals surface area contributed by atoms with Crippen molar-refractivity contribution >= 4 is 5.69 Å². The molecule has 0 aliphatic heterocycles. The van der Waals surface area contributed by atoms with Crippen molar-refractivity contribution in [2.24, 2.45) is 5.41 Å². The topological polar surface area (TPSA) is 3.24 Å². The third-order valence-corrected chi connectivity index (χ3v) is 3.14. The van der Waals surface area contributed by atoms with Gasteiger partial charge in [-0.05, 0) is 24.4 Å². The molecule has 1 nitrogen and oxygen atoms in total. The zero-order valence-electron chi connectivity index (χ0n) is 11.5. The van der Waals surface area contributed by atoms with E-state index in [4.69, 9.17) is 0 Å². The van der Waals surface area contributed by atoms with Crippen LogP contribution in [0.2, 0.25) is 0 Å². The second-order valence-corrected chi connectivity index (χ2v) is 5.04. The first-order chi connectivity index (χ1) is 7.89. The molecule has 0 saturated heterocycles. The van der Waals surface area contributed by atoms with E-state index in [-0.39, 0.29) is 27.1 Å². The van der Waals surface area contributed by atoms with E-state index < -0.39 is 11.6 Å². The van der Waals surface area contributed by atoms with E-state index in [1.54, 1.807) is 0 Å². The van der Waals surface area contributed by atoms with Gasteiger partial charge >= 0.3 is 0 Å². The Morgan fingerprint density at radius 2 is 1.83 bits per heavy atom. The summed E-state index contributed by atoms with van der Waals surface area (Å²) in [6.07, 6.45) is 1.01. The van der Waals surface area contributed by atoms with Crippen molar-refractivity contribution in [3.63, 3.8) is 0 Å². The van der Waals surface area contributed by atoms with E-state index >= 15 is 0 Å². The first kappa shape index (κ1) is 17.6. The van der Waals surface area contributed by atoms with Crippen LogP contribution in [-0.4, -0.2) is 13.1 Å². The van der Waals surface area contributed by atoms with E-state index in [0.29, 0.717) is 12.2 Å². The maximum absolute atomic E-state index is 13.6. The third-order valence-electron chi connectivity index (χ3n) is 3.14. The van der Waals surface area contributed by atoms with Gasteiger partial charge in [-0.3, -0.25) is 0 Å². The Hall–Kier alpha value is -0.406. The van der Waals surface area contributed by atoms with Crippen LogP contribution in [0.3, 0.4) is 0 Å². The predicted octanol–water partition coefficient (Wildman–Crippen LogP) is 4.02. The van der Waals surface area contributed by atoms with E-state index in [1.165, 1.54) is 12.1 Å². The summed E-state index contributed by atoms with van der Waals surface area (Å²) in [6, 6.07) is 4.81. The van der Waals surface area contributed by atoms with E-state index in [0.717, 1.165) is 13.0 Å². The van der Waals surface area contributed by atoms with Crippen LogP contribution in [0.1, 0.15) is 34.1 Å². The number of anilines is 1. The SMILES string of the molecule is CCN(CC(C)(C)CC)c1ccc(F)[c-]c1F.[Ti]. The minimum Gasteiger partial charge on any atom is -0.421 e. The van der Waals surface area contributed by atoms with Gasteiger partial charge in [0, 0.05) is 46.4 Å². The van der Waals surface area contributed by atoms with Gasteiger partial charge in [-0.2, -0.15) is 0 Å². The summed E-state index contributed by atoms with van der Waals surface area (Å²) in [4.78, 5) is 1.93. The van der Waals surface area contributed by atoms with E-state index in [2.05, 4.69) is 26.8 Å². The number of halogens is 2. The molecule has 0 aromatic heterocycles. The number of hydrogen-bond acceptors (Lipinski definition) is 1. The molecule has 1 rings (SSSR count). The standard InChI is InChI=1S/C14H20F2N.Ti/c1-5-14(3,4)10-17(6-2)13-8-7-11(15)9-12(13)16;/h7-8H,5-6,10H2,1-4H3;/q-1;. The van der Waals surface area contributed by atoms with Gasteiger partial charge in [0.25, 0.3) is 0 Å². The fourth-order valence-electron chi connectivity index (χ4n) is 1.68. The van der Waals surface area contributed by atoms with Crippen LogP contribution in [0.25, 0.3) is 0 Å². The van der Waals surface area contributed by atoms with E-state index in [1.807, 2.05) is 11.8 Å². The maximum Gasteiger partial charge on any atom is 0.0361 e. The molecule has 0 atom stereocenters. The normalized spacial score (nSPS) is 11.0. The Bertz CT molecular complexity index is 380. The van der Waals surface area contributed by atoms with Crippen molar-refractivity contribution in [2.45, 2.75) is 34.1 Å². The summed E-state index contributed by atoms with van der Waals surface area (Å²) in [7, 11) is 0. The number of hydrogen-bond donors (Lipinski definition) is 0. The van der Waals surface area contributed by atoms with Gasteiger partial charge in [0.2, 0.25) is 0 Å². The molecular formula is C14H20F2NTi-. The van der Waals surface area contributed by atoms with Gasteiger partial charge in [-0.25, -0.2) is 8.78 Å². The Balaban J connectivity index is 0.00000289. The third kappa shape index (κ3) is 4.70. The average Bonchev–Trinajstić information content (AvgIpc) is 2.26. The molecule has 0 bridgehead atoms. The monoisotopic (exact) mass is 288 g/mol. The zero-order chi connectivity index (χ0) is 13.1. The molecule has 1 aromatic rings. The zero-order valence-corrected chi connectivity index (χ0v) is 13.0. The number of nitrogens with zero attached hydrogens (tertiary/aromatic N) is 1. The number of benzene rings is 1. The van der Waals surface area contributed by atoms with Crippen LogP contribution in [0.15, 0.2) is 12.1 Å². The summed E-state index contributed by atoms with van der Waals surface area (Å²) in [5.41, 5.74) is 0.534. The molecular weight excluding hydrogens is 268 g/mol. The van der Waals surface area contributed by atoms with Crippen LogP contribution in [0.4, 0.5) is 14.5 Å². The van der Waals surface area contributed by atoms with Crippen molar-refractivity contribution in [1.82, 2.24) is 0 Å². The predicted molar refractivity (Wildman–Crippen MR) is 67.2 cm³/mol. The minimum atomic E-state index is -0.656. The molecule has 0 saturated carbocycles. The Kier molecular flexibility index (Phi) is 7.09. The first-order valence-electron chi connectivity index (χ1n) is 6.02. The molecule has 0 heterocycles. The molecule has 0 spiro atoms. The van der Waals surface area contributed by atoms with Crippen molar-refractivity contribution in [3.05, 3.63) is 29.8 Å². The fraction of sp³-hybridized carbons (Fsp3) is 0.571. The largest absolute Gasteiger partial charge is 0.421 e. The van der Waals surface area contributed by atoms with Gasteiger partial charge in [0.1, 0.15) is 0 Å². The van der Waals surface area contributed by atoms with Gasteiger partial charge < -0.3 is 4.90 Å². The van der Waals surface area contributed by atoms with Gasteiger partial charge in [-0.1, -0.05) is 20.8 Å². The minimum absolute atomic E-state index is 0. The fourth-order valence-corrected chi connectivity index (χ4v) is 1.68. The van der Waals surface area contributed by atoms with E-state index in [9.17, 15) is 8.78 Å². The smallest absolute Gasteiger partial charge is 0.0361 e. The molecule has 0 amide bonds. The summed E-state index contributed by atoms with van der Waals surface area (Å²) >= 11 is 0. The molecule has 0 unspecified atom stereocenters. The first-order valence-corrected chi connectivity index (χ1v) is 6.02. The van der Waals surface area contributed by atoms with Crippen molar-refractivity contribution in [2.75, 3.05) is 18.0 Å². The Morgan fingerprint density at radius 3 is 2.28 bits per heavy atom. The molecule has 0 aliphatic carbocycles. The number of rotatable bonds is 5. The molecule has 18 heavy (non-hydrogen) atoms. The van der Waals surface area contributed by atoms with Crippen molar-refractivity contribution in [3.8, 4) is 0 Å². The molecule has 0 N–H and O–H groups in total. The van der Waals surface area contributed by atoms with Crippen LogP contribution in [0.5, 0.6) is 0 Å². The summed E-state index contributed by atoms with van der Waals surface area (Å²) < 4.78 is 26.4. The molecule has 100 valence electrons. The van der Waals surface area contributed by atoms with Crippen molar-refractivity contribution in [1.29, 1.82) is 0 Å². The summed E-state index contributed by atoms with van der Waals surface area (Å²) in [6.45, 7) is 9.80. The average molecular weight is 288 g/mol. The summed E-state index contributed by atoms with van der Waals surface area (Å²) in [5.74, 6) is -1.27. The second kappa shape index (κ2) is 7.25. The van der Waals surface area contributed by atoms with Gasteiger partial charge in [0.15, 0.2) is 0 Å². The molecule has 0 fully saturated rings. The van der Waals surface area contributed by atoms with Gasteiger partial charge in [0.05, 0.1) is 0 Å². The van der Waals surface area contributed by atoms with Crippen LogP contribution < -0.4 is 4.90 Å². The molecule has 0 radical (unpaired) electrons. The maximum atomic E-state index is 13.6. The molecule has 0 aliphatic rings. The molecule has 4 heteroatoms. The molecule has 1 aromatic carbocycles. The Labute approximate surface area is 123 Å². The van der Waals surface area contributed by atoms with Crippen LogP contribution in [-0.2, 0) is 21.7 Å². The summed E-state index contributed by atoms with van der Waals surface area (Å²) in [5, 5.41) is 0. The van der Waals surface area contributed by atoms with Crippen molar-refractivity contribution < 1.29 is 30.5 Å². The quantitative estimate of drug-likeness (QED) is 0.584. The van der Waals surface area contributed by atoms with Crippen LogP contribution >= 0.6 is 0 Å².